The van der Waals surface area contributed by atoms with Gasteiger partial charge >= 0.3 is 0 Å². The molecule has 0 aliphatic heterocycles. The molecule has 0 atom stereocenters. The minimum Gasteiger partial charge on any atom is -0.371 e. The zero-order valence-corrected chi connectivity index (χ0v) is 8.62. The molecule has 0 amide bonds. The van der Waals surface area contributed by atoms with Gasteiger partial charge in [-0.1, -0.05) is 18.2 Å². The molecule has 0 unspecified atom stereocenters. The molecule has 0 bridgehead atoms. The van der Waals surface area contributed by atoms with E-state index in [9.17, 15) is 0 Å². The van der Waals surface area contributed by atoms with Crippen molar-refractivity contribution >= 4 is 5.69 Å². The van der Waals surface area contributed by atoms with Crippen molar-refractivity contribution in [1.29, 1.82) is 5.26 Å². The van der Waals surface area contributed by atoms with Crippen LogP contribution >= 0.6 is 0 Å². The highest BCUT2D eigenvalue weighted by molar-refractivity contribution is 5.51. The number of hydrogen-bond acceptors (Lipinski definition) is 2. The number of nitriles is 1. The van der Waals surface area contributed by atoms with Gasteiger partial charge in [-0.2, -0.15) is 5.26 Å². The minimum atomic E-state index is 0.691. The molecule has 0 aliphatic rings. The number of benzene rings is 1. The molecule has 0 radical (unpaired) electrons. The van der Waals surface area contributed by atoms with Gasteiger partial charge in [0.15, 0.2) is 0 Å². The maximum atomic E-state index is 8.74. The van der Waals surface area contributed by atoms with Gasteiger partial charge in [-0.15, -0.1) is 0 Å². The summed E-state index contributed by atoms with van der Waals surface area (Å²) in [7, 11) is 1.99. The van der Waals surface area contributed by atoms with Crippen LogP contribution in [0, 0.1) is 11.3 Å². The van der Waals surface area contributed by atoms with Crippen molar-refractivity contribution in [3.8, 4) is 6.07 Å². The standard InChI is InChI=1S/C12H14N2/c1-10(2)9-14(3)12-6-4-5-11(7-12)8-13/h4-7H,1,9H2,2-3H3. The molecule has 14 heavy (non-hydrogen) atoms. The highest BCUT2D eigenvalue weighted by atomic mass is 15.1. The van der Waals surface area contributed by atoms with Crippen molar-refractivity contribution in [3.05, 3.63) is 42.0 Å². The van der Waals surface area contributed by atoms with Crippen LogP contribution in [0.3, 0.4) is 0 Å². The number of nitrogens with zero attached hydrogens (tertiary/aromatic N) is 2. The van der Waals surface area contributed by atoms with Gasteiger partial charge in [0.1, 0.15) is 0 Å². The topological polar surface area (TPSA) is 27.0 Å². The largest absolute Gasteiger partial charge is 0.371 e. The molecule has 0 spiro atoms. The Balaban J connectivity index is 2.85. The van der Waals surface area contributed by atoms with E-state index in [0.717, 1.165) is 17.8 Å². The van der Waals surface area contributed by atoms with Crippen LogP contribution in [0.2, 0.25) is 0 Å². The third kappa shape index (κ3) is 2.63. The summed E-state index contributed by atoms with van der Waals surface area (Å²) in [6, 6.07) is 9.69. The van der Waals surface area contributed by atoms with E-state index in [1.54, 1.807) is 6.07 Å². The van der Waals surface area contributed by atoms with E-state index >= 15 is 0 Å². The lowest BCUT2D eigenvalue weighted by molar-refractivity contribution is 0.985. The van der Waals surface area contributed by atoms with Crippen LogP contribution in [-0.2, 0) is 0 Å². The maximum absolute atomic E-state index is 8.74. The molecule has 72 valence electrons. The first-order valence-corrected chi connectivity index (χ1v) is 4.49. The first kappa shape index (κ1) is 10.3. The van der Waals surface area contributed by atoms with Crippen molar-refractivity contribution in [2.24, 2.45) is 0 Å². The van der Waals surface area contributed by atoms with Crippen LogP contribution in [0.4, 0.5) is 5.69 Å². The van der Waals surface area contributed by atoms with Gasteiger partial charge in [0.2, 0.25) is 0 Å². The molecule has 1 rings (SSSR count). The van der Waals surface area contributed by atoms with Crippen LogP contribution in [0.5, 0.6) is 0 Å². The van der Waals surface area contributed by atoms with E-state index in [4.69, 9.17) is 5.26 Å². The number of anilines is 1. The Morgan fingerprint density at radius 3 is 2.86 bits per heavy atom. The molecule has 0 saturated heterocycles. The summed E-state index contributed by atoms with van der Waals surface area (Å²) in [6.45, 7) is 6.66. The molecule has 1 aromatic rings. The van der Waals surface area contributed by atoms with Crippen molar-refractivity contribution < 1.29 is 0 Å². The lowest BCUT2D eigenvalue weighted by atomic mass is 10.2. The van der Waals surface area contributed by atoms with E-state index in [0.29, 0.717) is 5.56 Å². The molecule has 2 heteroatoms. The third-order valence-electron chi connectivity index (χ3n) is 1.92. The number of hydrogen-bond donors (Lipinski definition) is 0. The van der Waals surface area contributed by atoms with Crippen molar-refractivity contribution in [3.63, 3.8) is 0 Å². The smallest absolute Gasteiger partial charge is 0.0992 e. The fourth-order valence-corrected chi connectivity index (χ4v) is 1.31. The van der Waals surface area contributed by atoms with Gasteiger partial charge in [-0.25, -0.2) is 0 Å². The first-order valence-electron chi connectivity index (χ1n) is 4.49. The van der Waals surface area contributed by atoms with E-state index in [-0.39, 0.29) is 0 Å². The fourth-order valence-electron chi connectivity index (χ4n) is 1.31. The maximum Gasteiger partial charge on any atom is 0.0992 e. The lowest BCUT2D eigenvalue weighted by Gasteiger charge is -2.19. The van der Waals surface area contributed by atoms with Gasteiger partial charge in [0.05, 0.1) is 11.6 Å². The molecule has 0 fully saturated rings. The third-order valence-corrected chi connectivity index (χ3v) is 1.92. The summed E-state index contributed by atoms with van der Waals surface area (Å²) >= 11 is 0. The van der Waals surface area contributed by atoms with Crippen molar-refractivity contribution in [2.75, 3.05) is 18.5 Å². The second-order valence-electron chi connectivity index (χ2n) is 3.48. The fraction of sp³-hybridized carbons (Fsp3) is 0.250. The molecular weight excluding hydrogens is 172 g/mol. The number of likely N-dealkylation sites (N-methyl/N-ethyl adjacent to an activating group) is 1. The van der Waals surface area contributed by atoms with Crippen LogP contribution in [0.15, 0.2) is 36.4 Å². The van der Waals surface area contributed by atoms with Crippen molar-refractivity contribution in [2.45, 2.75) is 6.92 Å². The average Bonchev–Trinajstić information content (AvgIpc) is 2.17. The van der Waals surface area contributed by atoms with E-state index in [1.165, 1.54) is 0 Å². The normalized spacial score (nSPS) is 9.21. The van der Waals surface area contributed by atoms with Crippen LogP contribution in [0.25, 0.3) is 0 Å². The summed E-state index contributed by atoms with van der Waals surface area (Å²) < 4.78 is 0. The Bertz CT molecular complexity index is 374. The van der Waals surface area contributed by atoms with Gasteiger partial charge in [0.25, 0.3) is 0 Å². The SMILES string of the molecule is C=C(C)CN(C)c1cccc(C#N)c1. The molecule has 0 aliphatic carbocycles. The Hall–Kier alpha value is -1.75. The van der Waals surface area contributed by atoms with Crippen molar-refractivity contribution in [1.82, 2.24) is 0 Å². The zero-order chi connectivity index (χ0) is 10.6. The second-order valence-corrected chi connectivity index (χ2v) is 3.48. The van der Waals surface area contributed by atoms with Crippen LogP contribution in [0.1, 0.15) is 12.5 Å². The van der Waals surface area contributed by atoms with Crippen LogP contribution < -0.4 is 4.90 Å². The molecule has 0 saturated carbocycles. The highest BCUT2D eigenvalue weighted by Gasteiger charge is 2.01. The quantitative estimate of drug-likeness (QED) is 0.678. The lowest BCUT2D eigenvalue weighted by Crippen LogP contribution is -2.18. The minimum absolute atomic E-state index is 0.691. The molecule has 1 aromatic carbocycles. The zero-order valence-electron chi connectivity index (χ0n) is 8.62. The predicted octanol–water partition coefficient (Wildman–Crippen LogP) is 2.57. The Kier molecular flexibility index (Phi) is 3.30. The second kappa shape index (κ2) is 4.48. The molecule has 0 N–H and O–H groups in total. The summed E-state index contributed by atoms with van der Waals surface area (Å²) in [5.41, 5.74) is 2.85. The molecule has 0 heterocycles. The van der Waals surface area contributed by atoms with Gasteiger partial charge in [0, 0.05) is 19.3 Å². The molecule has 0 aromatic heterocycles. The first-order chi connectivity index (χ1) is 6.63. The monoisotopic (exact) mass is 186 g/mol. The Labute approximate surface area is 85.1 Å². The number of rotatable bonds is 3. The summed E-state index contributed by atoms with van der Waals surface area (Å²) in [6.07, 6.45) is 0. The van der Waals surface area contributed by atoms with Crippen LogP contribution in [-0.4, -0.2) is 13.6 Å². The van der Waals surface area contributed by atoms with E-state index < -0.39 is 0 Å². The van der Waals surface area contributed by atoms with E-state index in [2.05, 4.69) is 17.5 Å². The average molecular weight is 186 g/mol. The Morgan fingerprint density at radius 1 is 1.57 bits per heavy atom. The van der Waals surface area contributed by atoms with E-state index in [1.807, 2.05) is 32.2 Å². The van der Waals surface area contributed by atoms with Gasteiger partial charge < -0.3 is 4.90 Å². The summed E-state index contributed by atoms with van der Waals surface area (Å²) in [5.74, 6) is 0. The predicted molar refractivity (Wildman–Crippen MR) is 59.2 cm³/mol. The van der Waals surface area contributed by atoms with Gasteiger partial charge in [-0.05, 0) is 25.1 Å². The summed E-state index contributed by atoms with van der Waals surface area (Å²) in [5, 5.41) is 8.74. The highest BCUT2D eigenvalue weighted by Crippen LogP contribution is 2.14. The van der Waals surface area contributed by atoms with Gasteiger partial charge in [-0.3, -0.25) is 0 Å². The molecule has 2 nitrogen and oxygen atoms in total. The Morgan fingerprint density at radius 2 is 2.29 bits per heavy atom. The summed E-state index contributed by atoms with van der Waals surface area (Å²) in [4.78, 5) is 2.07. The molecular formula is C12H14N2.